The Balaban J connectivity index is 1.35. The summed E-state index contributed by atoms with van der Waals surface area (Å²) < 4.78 is 25.1. The number of urea groups is 1. The van der Waals surface area contributed by atoms with Gasteiger partial charge in [0.15, 0.2) is 0 Å². The summed E-state index contributed by atoms with van der Waals surface area (Å²) in [6, 6.07) is 32.9. The fourth-order valence-corrected chi connectivity index (χ4v) is 6.77. The van der Waals surface area contributed by atoms with Crippen molar-refractivity contribution in [1.29, 1.82) is 0 Å². The highest BCUT2D eigenvalue weighted by molar-refractivity contribution is 7.60. The van der Waals surface area contributed by atoms with Gasteiger partial charge in [0, 0.05) is 18.3 Å². The third-order valence-corrected chi connectivity index (χ3v) is 9.75. The molecule has 10 heteroatoms. The number of phenolic OH excluding ortho intramolecular Hbond substituents is 1. The van der Waals surface area contributed by atoms with Gasteiger partial charge in [0.25, 0.3) is 0 Å². The number of hydrogen-bond donors (Lipinski definition) is 4. The quantitative estimate of drug-likeness (QED) is 0.125. The third-order valence-electron chi connectivity index (χ3n) is 8.78. The van der Waals surface area contributed by atoms with Crippen molar-refractivity contribution in [1.82, 2.24) is 4.90 Å². The highest BCUT2D eigenvalue weighted by atomic mass is 31.2. The van der Waals surface area contributed by atoms with Crippen molar-refractivity contribution in [3.8, 4) is 28.0 Å². The first-order valence-electron chi connectivity index (χ1n) is 15.2. The number of hydrogen-bond acceptors (Lipinski definition) is 4. The maximum atomic E-state index is 13.9. The Hall–Kier alpha value is -4.79. The lowest BCUT2D eigenvalue weighted by Crippen LogP contribution is -2.31. The summed E-state index contributed by atoms with van der Waals surface area (Å²) in [5, 5.41) is 22.3. The number of likely N-dealkylation sites (N-methyl/N-ethyl adjacent to an activating group) is 1. The molecule has 0 radical (unpaired) electrons. The number of aromatic hydroxyl groups is 1. The molecule has 8 nitrogen and oxygen atoms in total. The van der Waals surface area contributed by atoms with Crippen LogP contribution in [-0.4, -0.2) is 44.0 Å². The van der Waals surface area contributed by atoms with Gasteiger partial charge in [-0.3, -0.25) is 9.46 Å². The van der Waals surface area contributed by atoms with Gasteiger partial charge in [-0.1, -0.05) is 78.9 Å². The minimum Gasteiger partial charge on any atom is -0.508 e. The molecule has 0 aliphatic carbocycles. The second-order valence-electron chi connectivity index (χ2n) is 11.7. The van der Waals surface area contributed by atoms with E-state index in [1.807, 2.05) is 54.6 Å². The first-order valence-corrected chi connectivity index (χ1v) is 16.8. The Bertz CT molecular complexity index is 1910. The Morgan fingerprint density at radius 3 is 1.98 bits per heavy atom. The van der Waals surface area contributed by atoms with E-state index in [0.29, 0.717) is 34.4 Å². The summed E-state index contributed by atoms with van der Waals surface area (Å²) in [4.78, 5) is 36.1. The third kappa shape index (κ3) is 6.70. The van der Waals surface area contributed by atoms with E-state index in [0.717, 1.165) is 11.1 Å². The Labute approximate surface area is 272 Å². The van der Waals surface area contributed by atoms with Crippen LogP contribution in [0.4, 0.5) is 14.9 Å². The van der Waals surface area contributed by atoms with E-state index in [-0.39, 0.29) is 23.5 Å². The molecule has 1 saturated heterocycles. The van der Waals surface area contributed by atoms with E-state index in [9.17, 15) is 33.7 Å². The molecule has 1 unspecified atom stereocenters. The van der Waals surface area contributed by atoms with Crippen LogP contribution in [0.3, 0.4) is 0 Å². The fourth-order valence-electron chi connectivity index (χ4n) is 6.23. The molecule has 47 heavy (non-hydrogen) atoms. The average molecular weight is 653 g/mol. The van der Waals surface area contributed by atoms with Crippen molar-refractivity contribution >= 4 is 24.6 Å². The van der Waals surface area contributed by atoms with E-state index in [1.54, 1.807) is 59.3 Å². The predicted molar refractivity (Wildman–Crippen MR) is 180 cm³/mol. The van der Waals surface area contributed by atoms with Crippen LogP contribution >= 0.6 is 7.60 Å². The molecule has 5 aromatic carbocycles. The maximum Gasteiger partial charge on any atom is 0.356 e. The Morgan fingerprint density at radius 1 is 0.787 bits per heavy atom. The van der Waals surface area contributed by atoms with Crippen LogP contribution < -0.4 is 10.2 Å². The van der Waals surface area contributed by atoms with Crippen LogP contribution in [0, 0.1) is 5.82 Å². The average Bonchev–Trinajstić information content (AvgIpc) is 3.32. The molecular weight excluding hydrogens is 618 g/mol. The molecule has 0 aromatic heterocycles. The van der Waals surface area contributed by atoms with Crippen molar-refractivity contribution in [3.05, 3.63) is 138 Å². The number of carbonyl (C=O) groups excluding carboxylic acids is 1. The zero-order chi connectivity index (χ0) is 33.3. The summed E-state index contributed by atoms with van der Waals surface area (Å²) in [5.74, 6) is -0.447. The van der Waals surface area contributed by atoms with E-state index in [1.165, 1.54) is 24.3 Å². The van der Waals surface area contributed by atoms with Crippen molar-refractivity contribution in [3.63, 3.8) is 0 Å². The van der Waals surface area contributed by atoms with Crippen LogP contribution in [0.1, 0.15) is 36.1 Å². The fraction of sp³-hybridized carbons (Fsp3) is 0.162. The van der Waals surface area contributed by atoms with Crippen molar-refractivity contribution in [2.24, 2.45) is 0 Å². The van der Waals surface area contributed by atoms with Crippen LogP contribution in [0.15, 0.2) is 121 Å². The molecule has 1 aliphatic heterocycles. The largest absolute Gasteiger partial charge is 0.508 e. The SMILES string of the molecule is CN1C(=O)N(c2ccc(-c3ccccc3)cc2)[C@H](c2ccc(-c3ccc(P(=O)(O)O)cc3)cc2O)[C@H]1CCC(O)c1ccc(F)cc1. The van der Waals surface area contributed by atoms with Crippen LogP contribution in [0.2, 0.25) is 0 Å². The first kappa shape index (κ1) is 32.2. The molecule has 1 heterocycles. The molecule has 0 spiro atoms. The maximum absolute atomic E-state index is 13.9. The molecule has 4 N–H and O–H groups in total. The number of benzene rings is 5. The highest BCUT2D eigenvalue weighted by Gasteiger charge is 2.46. The van der Waals surface area contributed by atoms with Gasteiger partial charge in [0.2, 0.25) is 0 Å². The topological polar surface area (TPSA) is 122 Å². The van der Waals surface area contributed by atoms with Crippen molar-refractivity contribution < 1.29 is 33.7 Å². The lowest BCUT2D eigenvalue weighted by atomic mass is 9.91. The van der Waals surface area contributed by atoms with Gasteiger partial charge in [-0.05, 0) is 83.1 Å². The number of aliphatic hydroxyl groups is 1. The van der Waals surface area contributed by atoms with E-state index in [4.69, 9.17) is 0 Å². The molecular formula is C37H34FN2O6P. The number of amides is 2. The Kier molecular flexibility index (Phi) is 8.99. The number of rotatable bonds is 9. The van der Waals surface area contributed by atoms with Gasteiger partial charge in [-0.2, -0.15) is 0 Å². The van der Waals surface area contributed by atoms with Gasteiger partial charge >= 0.3 is 13.6 Å². The van der Waals surface area contributed by atoms with Crippen molar-refractivity contribution in [2.75, 3.05) is 11.9 Å². The lowest BCUT2D eigenvalue weighted by molar-refractivity contribution is 0.148. The zero-order valence-corrected chi connectivity index (χ0v) is 26.4. The molecule has 3 atom stereocenters. The number of phenols is 1. The minimum atomic E-state index is -4.40. The van der Waals surface area contributed by atoms with Crippen LogP contribution in [-0.2, 0) is 4.57 Å². The van der Waals surface area contributed by atoms with Gasteiger partial charge in [0.05, 0.1) is 23.5 Å². The molecule has 5 aromatic rings. The second-order valence-corrected chi connectivity index (χ2v) is 13.3. The Morgan fingerprint density at radius 2 is 1.36 bits per heavy atom. The van der Waals surface area contributed by atoms with E-state index < -0.39 is 31.6 Å². The lowest BCUT2D eigenvalue weighted by Gasteiger charge is -2.29. The number of carbonyl (C=O) groups is 1. The number of anilines is 1. The predicted octanol–water partition coefficient (Wildman–Crippen LogP) is 7.16. The van der Waals surface area contributed by atoms with Crippen LogP contribution in [0.5, 0.6) is 5.75 Å². The molecule has 240 valence electrons. The molecule has 6 rings (SSSR count). The molecule has 2 amide bonds. The number of halogens is 1. The first-order chi connectivity index (χ1) is 22.5. The summed E-state index contributed by atoms with van der Waals surface area (Å²) in [7, 11) is -2.69. The van der Waals surface area contributed by atoms with Crippen LogP contribution in [0.25, 0.3) is 22.3 Å². The zero-order valence-electron chi connectivity index (χ0n) is 25.5. The monoisotopic (exact) mass is 652 g/mol. The smallest absolute Gasteiger partial charge is 0.356 e. The summed E-state index contributed by atoms with van der Waals surface area (Å²) in [6.07, 6.45) is -0.212. The number of aliphatic hydroxyl groups excluding tert-OH is 1. The second kappa shape index (κ2) is 13.1. The normalized spacial score (nSPS) is 17.3. The summed E-state index contributed by atoms with van der Waals surface area (Å²) in [5.41, 5.74) is 5.02. The molecule has 1 fully saturated rings. The van der Waals surface area contributed by atoms with Gasteiger partial charge in [-0.25, -0.2) is 9.18 Å². The minimum absolute atomic E-state index is 0.0512. The number of nitrogens with zero attached hydrogens (tertiary/aromatic N) is 2. The highest BCUT2D eigenvalue weighted by Crippen LogP contribution is 2.45. The van der Waals surface area contributed by atoms with Gasteiger partial charge < -0.3 is 24.9 Å². The van der Waals surface area contributed by atoms with Crippen molar-refractivity contribution in [2.45, 2.75) is 31.0 Å². The standard InChI is InChI=1S/C37H34FN2O6P/c1-39-33(21-22-34(41)27-7-14-29(38)15-8-27)36(40(37(39)43)30-16-9-25(10-17-30)24-5-3-2-4-6-24)32-20-13-28(23-35(32)42)26-11-18-31(19-12-26)47(44,45)46/h2-20,23,33-34,36,41-42H,21-22H2,1H3,(H2,44,45,46)/t33-,34?,36-/m1/s1. The summed E-state index contributed by atoms with van der Waals surface area (Å²) >= 11 is 0. The molecule has 0 bridgehead atoms. The molecule has 0 saturated carbocycles. The van der Waals surface area contributed by atoms with Gasteiger partial charge in [-0.15, -0.1) is 0 Å². The molecule has 1 aliphatic rings. The van der Waals surface area contributed by atoms with E-state index >= 15 is 0 Å². The van der Waals surface area contributed by atoms with Gasteiger partial charge in [0.1, 0.15) is 11.6 Å². The van der Waals surface area contributed by atoms with E-state index in [2.05, 4.69) is 0 Å². The summed E-state index contributed by atoms with van der Waals surface area (Å²) in [6.45, 7) is 0.